The minimum Gasteiger partial charge on any atom is -0.495 e. The van der Waals surface area contributed by atoms with E-state index in [1.165, 1.54) is 13.2 Å². The number of rotatable bonds is 4. The van der Waals surface area contributed by atoms with Gasteiger partial charge in [-0.3, -0.25) is 4.72 Å². The molecule has 0 aliphatic rings. The molecule has 0 atom stereocenters. The fourth-order valence-electron chi connectivity index (χ4n) is 2.11. The molecule has 0 radical (unpaired) electrons. The van der Waals surface area contributed by atoms with E-state index in [9.17, 15) is 8.42 Å². The van der Waals surface area contributed by atoms with Gasteiger partial charge in [0.2, 0.25) is 0 Å². The zero-order chi connectivity index (χ0) is 15.6. The number of ether oxygens (including phenoxy) is 1. The van der Waals surface area contributed by atoms with Crippen LogP contribution in [0.1, 0.15) is 11.1 Å². The molecule has 5 nitrogen and oxygen atoms in total. The molecule has 0 aromatic heterocycles. The number of hydrogen-bond donors (Lipinski definition) is 2. The van der Waals surface area contributed by atoms with Gasteiger partial charge in [0.05, 0.1) is 23.4 Å². The summed E-state index contributed by atoms with van der Waals surface area (Å²) < 4.78 is 32.4. The van der Waals surface area contributed by atoms with E-state index >= 15 is 0 Å². The van der Waals surface area contributed by atoms with E-state index in [-0.39, 0.29) is 4.90 Å². The van der Waals surface area contributed by atoms with Crippen LogP contribution in [0.3, 0.4) is 0 Å². The Kier molecular flexibility index (Phi) is 4.09. The first-order chi connectivity index (χ1) is 9.83. The number of nitrogen functional groups attached to an aromatic ring is 1. The first kappa shape index (κ1) is 15.2. The van der Waals surface area contributed by atoms with Gasteiger partial charge in [0.15, 0.2) is 0 Å². The van der Waals surface area contributed by atoms with Crippen LogP contribution in [0.15, 0.2) is 41.3 Å². The molecule has 0 unspecified atom stereocenters. The lowest BCUT2D eigenvalue weighted by Crippen LogP contribution is -2.14. The first-order valence-corrected chi connectivity index (χ1v) is 7.85. The Morgan fingerprint density at radius 3 is 2.38 bits per heavy atom. The van der Waals surface area contributed by atoms with E-state index in [1.807, 2.05) is 13.0 Å². The summed E-state index contributed by atoms with van der Waals surface area (Å²) >= 11 is 0. The molecule has 0 amide bonds. The summed E-state index contributed by atoms with van der Waals surface area (Å²) in [4.78, 5) is 0.252. The summed E-state index contributed by atoms with van der Waals surface area (Å²) in [6.07, 6.45) is 0. The molecular weight excluding hydrogens is 288 g/mol. The Labute approximate surface area is 124 Å². The maximum atomic E-state index is 12.4. The number of nitrogens with one attached hydrogen (secondary N) is 1. The summed E-state index contributed by atoms with van der Waals surface area (Å²) in [7, 11) is -2.14. The van der Waals surface area contributed by atoms with Crippen LogP contribution >= 0.6 is 0 Å². The molecule has 0 aliphatic carbocycles. The van der Waals surface area contributed by atoms with Gasteiger partial charge in [0, 0.05) is 0 Å². The van der Waals surface area contributed by atoms with Crippen molar-refractivity contribution in [3.8, 4) is 5.75 Å². The molecule has 2 aromatic rings. The zero-order valence-corrected chi connectivity index (χ0v) is 13.0. The van der Waals surface area contributed by atoms with E-state index in [2.05, 4.69) is 4.72 Å². The van der Waals surface area contributed by atoms with Crippen molar-refractivity contribution in [2.24, 2.45) is 0 Å². The number of benzene rings is 2. The molecule has 0 saturated heterocycles. The van der Waals surface area contributed by atoms with Crippen LogP contribution in [0.2, 0.25) is 0 Å². The third-order valence-corrected chi connectivity index (χ3v) is 4.64. The molecule has 2 rings (SSSR count). The van der Waals surface area contributed by atoms with Crippen LogP contribution < -0.4 is 15.2 Å². The largest absolute Gasteiger partial charge is 0.495 e. The summed E-state index contributed by atoms with van der Waals surface area (Å²) in [6, 6.07) is 9.95. The Bertz CT molecular complexity index is 770. The maximum absolute atomic E-state index is 12.4. The molecule has 3 N–H and O–H groups in total. The van der Waals surface area contributed by atoms with Crippen LogP contribution in [0.4, 0.5) is 11.4 Å². The predicted molar refractivity (Wildman–Crippen MR) is 84.1 cm³/mol. The van der Waals surface area contributed by atoms with Crippen molar-refractivity contribution in [2.75, 3.05) is 17.6 Å². The van der Waals surface area contributed by atoms with Crippen molar-refractivity contribution in [1.82, 2.24) is 0 Å². The summed E-state index contributed by atoms with van der Waals surface area (Å²) in [5, 5.41) is 0. The Morgan fingerprint density at radius 2 is 1.81 bits per heavy atom. The minimum atomic E-state index is -3.64. The number of sulfonamides is 1. The molecule has 112 valence electrons. The second kappa shape index (κ2) is 5.65. The maximum Gasteiger partial charge on any atom is 0.262 e. The fraction of sp³-hybridized carbons (Fsp3) is 0.200. The topological polar surface area (TPSA) is 81.4 Å². The predicted octanol–water partition coefficient (Wildman–Crippen LogP) is 2.70. The number of anilines is 2. The Hall–Kier alpha value is -2.21. The summed E-state index contributed by atoms with van der Waals surface area (Å²) in [5.74, 6) is 0.504. The second-order valence-corrected chi connectivity index (χ2v) is 6.48. The highest BCUT2D eigenvalue weighted by Gasteiger charge is 2.17. The first-order valence-electron chi connectivity index (χ1n) is 6.37. The van der Waals surface area contributed by atoms with E-state index in [0.29, 0.717) is 22.7 Å². The molecule has 0 saturated carbocycles. The third kappa shape index (κ3) is 3.28. The Morgan fingerprint density at radius 1 is 1.10 bits per heavy atom. The smallest absolute Gasteiger partial charge is 0.262 e. The Balaban J connectivity index is 2.35. The van der Waals surface area contributed by atoms with Gasteiger partial charge in [0.1, 0.15) is 5.75 Å². The van der Waals surface area contributed by atoms with Gasteiger partial charge in [-0.2, -0.15) is 0 Å². The van der Waals surface area contributed by atoms with Gasteiger partial charge >= 0.3 is 0 Å². The van der Waals surface area contributed by atoms with Gasteiger partial charge in [-0.1, -0.05) is 17.7 Å². The van der Waals surface area contributed by atoms with Crippen LogP contribution in [0.5, 0.6) is 5.75 Å². The van der Waals surface area contributed by atoms with Crippen molar-refractivity contribution in [3.63, 3.8) is 0 Å². The second-order valence-electron chi connectivity index (χ2n) is 4.83. The van der Waals surface area contributed by atoms with Crippen molar-refractivity contribution >= 4 is 21.4 Å². The van der Waals surface area contributed by atoms with Gasteiger partial charge in [0.25, 0.3) is 10.0 Å². The fourth-order valence-corrected chi connectivity index (χ4v) is 3.39. The lowest BCUT2D eigenvalue weighted by Gasteiger charge is -2.12. The monoisotopic (exact) mass is 306 g/mol. The van der Waals surface area contributed by atoms with Gasteiger partial charge in [-0.05, 0) is 43.7 Å². The van der Waals surface area contributed by atoms with Crippen LogP contribution in [-0.4, -0.2) is 15.5 Å². The number of aryl methyl sites for hydroxylation is 2. The SMILES string of the molecule is COc1ccc(NS(=O)(=O)c2ccc(C)cc2C)cc1N. The molecule has 21 heavy (non-hydrogen) atoms. The lowest BCUT2D eigenvalue weighted by atomic mass is 10.2. The average molecular weight is 306 g/mol. The molecule has 0 bridgehead atoms. The molecule has 6 heteroatoms. The number of methoxy groups -OCH3 is 1. The number of nitrogens with two attached hydrogens (primary N) is 1. The molecule has 0 aliphatic heterocycles. The van der Waals surface area contributed by atoms with Crippen LogP contribution in [0, 0.1) is 13.8 Å². The minimum absolute atomic E-state index is 0.252. The standard InChI is InChI=1S/C15H18N2O3S/c1-10-4-7-15(11(2)8-10)21(18,19)17-12-5-6-14(20-3)13(16)9-12/h4-9,17H,16H2,1-3H3. The quantitative estimate of drug-likeness (QED) is 0.851. The van der Waals surface area contributed by atoms with Crippen LogP contribution in [0.25, 0.3) is 0 Å². The van der Waals surface area contributed by atoms with E-state index in [1.54, 1.807) is 31.2 Å². The van der Waals surface area contributed by atoms with Crippen molar-refractivity contribution in [1.29, 1.82) is 0 Å². The van der Waals surface area contributed by atoms with E-state index < -0.39 is 10.0 Å². The van der Waals surface area contributed by atoms with Gasteiger partial charge in [-0.25, -0.2) is 8.42 Å². The van der Waals surface area contributed by atoms with E-state index in [4.69, 9.17) is 10.5 Å². The average Bonchev–Trinajstić information content (AvgIpc) is 2.37. The summed E-state index contributed by atoms with van der Waals surface area (Å²) in [5.41, 5.74) is 8.26. The molecule has 0 spiro atoms. The molecule has 0 heterocycles. The lowest BCUT2D eigenvalue weighted by molar-refractivity contribution is 0.417. The third-order valence-electron chi connectivity index (χ3n) is 3.10. The normalized spacial score (nSPS) is 11.2. The van der Waals surface area contributed by atoms with E-state index in [0.717, 1.165) is 5.56 Å². The highest BCUT2D eigenvalue weighted by molar-refractivity contribution is 7.92. The van der Waals surface area contributed by atoms with Crippen LogP contribution in [-0.2, 0) is 10.0 Å². The molecule has 0 fully saturated rings. The highest BCUT2D eigenvalue weighted by Crippen LogP contribution is 2.27. The molecule has 2 aromatic carbocycles. The highest BCUT2D eigenvalue weighted by atomic mass is 32.2. The molecular formula is C15H18N2O3S. The zero-order valence-electron chi connectivity index (χ0n) is 12.2. The van der Waals surface area contributed by atoms with Crippen molar-refractivity contribution in [3.05, 3.63) is 47.5 Å². The van der Waals surface area contributed by atoms with Gasteiger partial charge < -0.3 is 10.5 Å². The van der Waals surface area contributed by atoms with Crippen molar-refractivity contribution < 1.29 is 13.2 Å². The summed E-state index contributed by atoms with van der Waals surface area (Å²) in [6.45, 7) is 3.69. The van der Waals surface area contributed by atoms with Crippen molar-refractivity contribution in [2.45, 2.75) is 18.7 Å². The number of hydrogen-bond acceptors (Lipinski definition) is 4. The van der Waals surface area contributed by atoms with Gasteiger partial charge in [-0.15, -0.1) is 0 Å².